The van der Waals surface area contributed by atoms with Crippen molar-refractivity contribution in [1.82, 2.24) is 10.2 Å². The maximum Gasteiger partial charge on any atom is 0.0316 e. The summed E-state index contributed by atoms with van der Waals surface area (Å²) < 4.78 is 0. The van der Waals surface area contributed by atoms with Crippen LogP contribution in [0.2, 0.25) is 0 Å². The van der Waals surface area contributed by atoms with Crippen molar-refractivity contribution in [3.63, 3.8) is 0 Å². The van der Waals surface area contributed by atoms with Crippen LogP contribution in [0.15, 0.2) is 18.2 Å². The molecular weight excluding hydrogens is 258 g/mol. The second-order valence-corrected chi connectivity index (χ2v) is 6.71. The molecule has 3 heteroatoms. The third-order valence-electron chi connectivity index (χ3n) is 5.31. The second kappa shape index (κ2) is 6.80. The molecule has 1 heterocycles. The highest BCUT2D eigenvalue weighted by molar-refractivity contribution is 5.46. The Morgan fingerprint density at radius 2 is 2.00 bits per heavy atom. The lowest BCUT2D eigenvalue weighted by molar-refractivity contribution is 0.147. The number of hydrogen-bond donors (Lipinski definition) is 2. The SMILES string of the molecule is CCN(CC1CCNCC1)C1CCc2ccc(N)cc2C1. The molecule has 1 aromatic carbocycles. The Balaban J connectivity index is 1.64. The van der Waals surface area contributed by atoms with E-state index in [1.807, 2.05) is 6.07 Å². The Morgan fingerprint density at radius 3 is 2.76 bits per heavy atom. The van der Waals surface area contributed by atoms with Gasteiger partial charge < -0.3 is 16.0 Å². The van der Waals surface area contributed by atoms with Crippen LogP contribution < -0.4 is 11.1 Å². The number of fused-ring (bicyclic) bond motifs is 1. The van der Waals surface area contributed by atoms with Crippen LogP contribution in [0.5, 0.6) is 0 Å². The molecule has 1 aromatic rings. The van der Waals surface area contributed by atoms with Crippen molar-refractivity contribution in [3.05, 3.63) is 29.3 Å². The third kappa shape index (κ3) is 3.58. The van der Waals surface area contributed by atoms with E-state index in [9.17, 15) is 0 Å². The van der Waals surface area contributed by atoms with Crippen LogP contribution in [-0.4, -0.2) is 37.1 Å². The predicted octanol–water partition coefficient (Wildman–Crippen LogP) is 2.45. The Bertz CT molecular complexity index is 466. The summed E-state index contributed by atoms with van der Waals surface area (Å²) in [6, 6.07) is 7.18. The number of nitrogens with one attached hydrogen (secondary N) is 1. The number of nitrogen functional groups attached to an aromatic ring is 1. The fourth-order valence-electron chi connectivity index (χ4n) is 4.00. The van der Waals surface area contributed by atoms with Crippen LogP contribution in [-0.2, 0) is 12.8 Å². The van der Waals surface area contributed by atoms with Crippen molar-refractivity contribution in [1.29, 1.82) is 0 Å². The number of piperidine rings is 1. The minimum Gasteiger partial charge on any atom is -0.399 e. The van der Waals surface area contributed by atoms with E-state index in [4.69, 9.17) is 5.73 Å². The van der Waals surface area contributed by atoms with Crippen molar-refractivity contribution in [2.24, 2.45) is 5.92 Å². The summed E-state index contributed by atoms with van der Waals surface area (Å²) in [6.07, 6.45) is 6.37. The Labute approximate surface area is 128 Å². The van der Waals surface area contributed by atoms with E-state index in [1.165, 1.54) is 69.4 Å². The van der Waals surface area contributed by atoms with Crippen molar-refractivity contribution < 1.29 is 0 Å². The summed E-state index contributed by atoms with van der Waals surface area (Å²) in [5.74, 6) is 0.883. The maximum absolute atomic E-state index is 5.96. The zero-order valence-electron chi connectivity index (χ0n) is 13.3. The lowest BCUT2D eigenvalue weighted by atomic mass is 9.86. The summed E-state index contributed by atoms with van der Waals surface area (Å²) >= 11 is 0. The Kier molecular flexibility index (Phi) is 4.81. The van der Waals surface area contributed by atoms with E-state index in [2.05, 4.69) is 29.3 Å². The summed E-state index contributed by atoms with van der Waals surface area (Å²) in [4.78, 5) is 2.72. The molecule has 0 bridgehead atoms. The van der Waals surface area contributed by atoms with Gasteiger partial charge in [0.25, 0.3) is 0 Å². The topological polar surface area (TPSA) is 41.3 Å². The monoisotopic (exact) mass is 287 g/mol. The molecule has 3 nitrogen and oxygen atoms in total. The van der Waals surface area contributed by atoms with Gasteiger partial charge in [0.15, 0.2) is 0 Å². The maximum atomic E-state index is 5.96. The molecule has 1 unspecified atom stereocenters. The largest absolute Gasteiger partial charge is 0.399 e. The number of anilines is 1. The van der Waals surface area contributed by atoms with Crippen LogP contribution in [0.1, 0.15) is 37.3 Å². The minimum absolute atomic E-state index is 0.708. The molecular formula is C18H29N3. The van der Waals surface area contributed by atoms with Crippen molar-refractivity contribution >= 4 is 5.69 Å². The molecule has 0 spiro atoms. The first kappa shape index (κ1) is 14.9. The quantitative estimate of drug-likeness (QED) is 0.836. The van der Waals surface area contributed by atoms with Gasteiger partial charge in [-0.3, -0.25) is 0 Å². The smallest absolute Gasteiger partial charge is 0.0316 e. The van der Waals surface area contributed by atoms with Gasteiger partial charge in [-0.1, -0.05) is 13.0 Å². The highest BCUT2D eigenvalue weighted by Gasteiger charge is 2.26. The van der Waals surface area contributed by atoms with Gasteiger partial charge in [-0.15, -0.1) is 0 Å². The van der Waals surface area contributed by atoms with Crippen LogP contribution in [0.4, 0.5) is 5.69 Å². The van der Waals surface area contributed by atoms with Crippen LogP contribution in [0.3, 0.4) is 0 Å². The molecule has 0 radical (unpaired) electrons. The van der Waals surface area contributed by atoms with E-state index >= 15 is 0 Å². The van der Waals surface area contributed by atoms with Gasteiger partial charge in [-0.05, 0) is 80.9 Å². The molecule has 0 amide bonds. The van der Waals surface area contributed by atoms with Crippen LogP contribution in [0.25, 0.3) is 0 Å². The molecule has 0 aromatic heterocycles. The first-order valence-corrected chi connectivity index (χ1v) is 8.58. The third-order valence-corrected chi connectivity index (χ3v) is 5.31. The molecule has 116 valence electrons. The lowest BCUT2D eigenvalue weighted by Gasteiger charge is -2.37. The van der Waals surface area contributed by atoms with E-state index in [-0.39, 0.29) is 0 Å². The van der Waals surface area contributed by atoms with Gasteiger partial charge in [0, 0.05) is 18.3 Å². The number of benzene rings is 1. The second-order valence-electron chi connectivity index (χ2n) is 6.71. The van der Waals surface area contributed by atoms with Crippen LogP contribution >= 0.6 is 0 Å². The number of likely N-dealkylation sites (N-methyl/N-ethyl adjacent to an activating group) is 1. The summed E-state index contributed by atoms with van der Waals surface area (Å²) in [5, 5.41) is 3.47. The average Bonchev–Trinajstić information content (AvgIpc) is 2.53. The highest BCUT2D eigenvalue weighted by Crippen LogP contribution is 2.27. The van der Waals surface area contributed by atoms with Gasteiger partial charge in [-0.2, -0.15) is 0 Å². The lowest BCUT2D eigenvalue weighted by Crippen LogP contribution is -2.43. The number of aryl methyl sites for hydroxylation is 1. The molecule has 1 atom stereocenters. The molecule has 1 fully saturated rings. The van der Waals surface area contributed by atoms with Gasteiger partial charge in [0.05, 0.1) is 0 Å². The molecule has 2 aliphatic rings. The number of hydrogen-bond acceptors (Lipinski definition) is 3. The molecule has 3 rings (SSSR count). The summed E-state index contributed by atoms with van der Waals surface area (Å²) in [5.41, 5.74) is 9.87. The summed E-state index contributed by atoms with van der Waals surface area (Å²) in [6.45, 7) is 7.17. The minimum atomic E-state index is 0.708. The first-order chi connectivity index (χ1) is 10.3. The van der Waals surface area contributed by atoms with E-state index in [1.54, 1.807) is 0 Å². The van der Waals surface area contributed by atoms with Crippen molar-refractivity contribution in [2.45, 2.75) is 45.1 Å². The predicted molar refractivity (Wildman–Crippen MR) is 89.5 cm³/mol. The zero-order valence-corrected chi connectivity index (χ0v) is 13.3. The van der Waals surface area contributed by atoms with E-state index in [0.717, 1.165) is 11.6 Å². The summed E-state index contributed by atoms with van der Waals surface area (Å²) in [7, 11) is 0. The number of nitrogens with two attached hydrogens (primary N) is 1. The van der Waals surface area contributed by atoms with E-state index in [0.29, 0.717) is 6.04 Å². The van der Waals surface area contributed by atoms with Gasteiger partial charge in [0.2, 0.25) is 0 Å². The van der Waals surface area contributed by atoms with Crippen molar-refractivity contribution in [2.75, 3.05) is 31.9 Å². The average molecular weight is 287 g/mol. The van der Waals surface area contributed by atoms with Gasteiger partial charge in [-0.25, -0.2) is 0 Å². The fraction of sp³-hybridized carbons (Fsp3) is 0.667. The highest BCUT2D eigenvalue weighted by atomic mass is 15.2. The Morgan fingerprint density at radius 1 is 1.19 bits per heavy atom. The number of nitrogens with zero attached hydrogens (tertiary/aromatic N) is 1. The number of rotatable bonds is 4. The normalized spacial score (nSPS) is 23.2. The fourth-order valence-corrected chi connectivity index (χ4v) is 4.00. The van der Waals surface area contributed by atoms with Gasteiger partial charge in [0.1, 0.15) is 0 Å². The molecule has 1 aliphatic heterocycles. The first-order valence-electron chi connectivity index (χ1n) is 8.58. The Hall–Kier alpha value is -1.06. The zero-order chi connectivity index (χ0) is 14.7. The van der Waals surface area contributed by atoms with Crippen LogP contribution in [0, 0.1) is 5.92 Å². The standard InChI is InChI=1S/C18H29N3/c1-2-21(13-14-7-9-20-10-8-14)18-6-4-15-3-5-17(19)11-16(15)12-18/h3,5,11,14,18,20H,2,4,6-10,12-13,19H2,1H3. The molecule has 1 saturated heterocycles. The molecule has 21 heavy (non-hydrogen) atoms. The molecule has 3 N–H and O–H groups in total. The van der Waals surface area contributed by atoms with Crippen molar-refractivity contribution in [3.8, 4) is 0 Å². The molecule has 0 saturated carbocycles. The van der Waals surface area contributed by atoms with Gasteiger partial charge >= 0.3 is 0 Å². The molecule has 1 aliphatic carbocycles. The van der Waals surface area contributed by atoms with E-state index < -0.39 is 0 Å².